The highest BCUT2D eigenvalue weighted by molar-refractivity contribution is 6.35. The Morgan fingerprint density at radius 3 is 2.65 bits per heavy atom. The van der Waals surface area contributed by atoms with Crippen LogP contribution in [-0.4, -0.2) is 57.9 Å². The fourth-order valence-corrected chi connectivity index (χ4v) is 6.53. The van der Waals surface area contributed by atoms with Crippen LogP contribution in [0.5, 0.6) is 0 Å². The Morgan fingerprint density at radius 2 is 2.00 bits per heavy atom. The normalized spacial score (nSPS) is 25.2. The van der Waals surface area contributed by atoms with Gasteiger partial charge in [-0.1, -0.05) is 30.2 Å². The van der Waals surface area contributed by atoms with Gasteiger partial charge in [0.2, 0.25) is 17.7 Å². The van der Waals surface area contributed by atoms with Gasteiger partial charge in [0.05, 0.1) is 10.5 Å². The van der Waals surface area contributed by atoms with Gasteiger partial charge in [0.15, 0.2) is 0 Å². The van der Waals surface area contributed by atoms with Crippen molar-refractivity contribution >= 4 is 46.0 Å². The van der Waals surface area contributed by atoms with E-state index in [9.17, 15) is 28.0 Å². The van der Waals surface area contributed by atoms with Gasteiger partial charge in [-0.2, -0.15) is 0 Å². The first kappa shape index (κ1) is 25.6. The summed E-state index contributed by atoms with van der Waals surface area (Å²) in [7, 11) is 0. The van der Waals surface area contributed by atoms with Gasteiger partial charge in [-0.3, -0.25) is 19.2 Å². The lowest BCUT2D eigenvalue weighted by Gasteiger charge is -2.44. The molecule has 1 aromatic carbocycles. The maximum atomic E-state index is 13.9. The summed E-state index contributed by atoms with van der Waals surface area (Å²) in [6, 6.07) is 4.65. The zero-order valence-electron chi connectivity index (χ0n) is 20.2. The predicted molar refractivity (Wildman–Crippen MR) is 132 cm³/mol. The Bertz CT molecular complexity index is 1270. The lowest BCUT2D eigenvalue weighted by Crippen LogP contribution is -2.53. The SMILES string of the molecule is NC(=O)[C@H](C[C@@H]1CCCCC1=O)NC(=O)C1CC2(CN1C(=O)c1cc3cccc(Cl)c3[nH]1)CC(F)(F)C2. The monoisotopic (exact) mass is 534 g/mol. The second-order valence-corrected chi connectivity index (χ2v) is 11.3. The second kappa shape index (κ2) is 9.38. The first-order valence-corrected chi connectivity index (χ1v) is 12.9. The molecule has 0 radical (unpaired) electrons. The summed E-state index contributed by atoms with van der Waals surface area (Å²) < 4.78 is 27.8. The van der Waals surface area contributed by atoms with Crippen LogP contribution in [0.3, 0.4) is 0 Å². The average molecular weight is 535 g/mol. The molecule has 2 heterocycles. The number of nitrogens with one attached hydrogen (secondary N) is 2. The van der Waals surface area contributed by atoms with Crippen LogP contribution in [0.15, 0.2) is 24.3 Å². The van der Waals surface area contributed by atoms with E-state index < -0.39 is 54.0 Å². The van der Waals surface area contributed by atoms with Crippen LogP contribution in [0.25, 0.3) is 10.9 Å². The first-order chi connectivity index (χ1) is 17.5. The predicted octanol–water partition coefficient (Wildman–Crippen LogP) is 3.57. The van der Waals surface area contributed by atoms with Gasteiger partial charge in [-0.25, -0.2) is 8.78 Å². The van der Waals surface area contributed by atoms with Gasteiger partial charge >= 0.3 is 0 Å². The van der Waals surface area contributed by atoms with Crippen LogP contribution in [0, 0.1) is 11.3 Å². The molecule has 3 atom stereocenters. The number of hydrogen-bond acceptors (Lipinski definition) is 4. The minimum absolute atomic E-state index is 0.00897. The Hall–Kier alpha value is -3.01. The number of nitrogens with two attached hydrogens (primary N) is 1. The summed E-state index contributed by atoms with van der Waals surface area (Å²) in [5.41, 5.74) is 5.41. The topological polar surface area (TPSA) is 125 Å². The van der Waals surface area contributed by atoms with E-state index in [1.807, 2.05) is 0 Å². The van der Waals surface area contributed by atoms with Crippen molar-refractivity contribution in [3.8, 4) is 0 Å². The van der Waals surface area contributed by atoms with Crippen LogP contribution in [-0.2, 0) is 14.4 Å². The molecule has 3 aliphatic rings. The third kappa shape index (κ3) is 4.95. The number of fused-ring (bicyclic) bond motifs is 1. The van der Waals surface area contributed by atoms with Crippen LogP contribution >= 0.6 is 11.6 Å². The van der Waals surface area contributed by atoms with Crippen molar-refractivity contribution in [1.82, 2.24) is 15.2 Å². The van der Waals surface area contributed by atoms with E-state index >= 15 is 0 Å². The number of ketones is 1. The number of nitrogens with zero attached hydrogens (tertiary/aromatic N) is 1. The summed E-state index contributed by atoms with van der Waals surface area (Å²) in [5.74, 6) is -5.11. The molecule has 11 heteroatoms. The van der Waals surface area contributed by atoms with Gasteiger partial charge in [0.25, 0.3) is 5.91 Å². The largest absolute Gasteiger partial charge is 0.368 e. The zero-order valence-corrected chi connectivity index (χ0v) is 21.0. The van der Waals surface area contributed by atoms with Crippen molar-refractivity contribution in [2.45, 2.75) is 69.4 Å². The molecule has 198 valence electrons. The van der Waals surface area contributed by atoms with Crippen molar-refractivity contribution in [2.24, 2.45) is 17.1 Å². The molecular weight excluding hydrogens is 506 g/mol. The fraction of sp³-hybridized carbons (Fsp3) is 0.538. The minimum Gasteiger partial charge on any atom is -0.368 e. The average Bonchev–Trinajstić information content (AvgIpc) is 3.42. The number of likely N-dealkylation sites (tertiary alicyclic amines) is 1. The quantitative estimate of drug-likeness (QED) is 0.524. The van der Waals surface area contributed by atoms with Crippen LogP contribution in [0.1, 0.15) is 61.9 Å². The van der Waals surface area contributed by atoms with Crippen LogP contribution in [0.2, 0.25) is 5.02 Å². The summed E-state index contributed by atoms with van der Waals surface area (Å²) in [5, 5.41) is 3.75. The van der Waals surface area contributed by atoms with E-state index in [1.165, 1.54) is 4.90 Å². The molecule has 1 spiro atoms. The molecule has 1 unspecified atom stereocenters. The molecule has 4 N–H and O–H groups in total. The Kier molecular flexibility index (Phi) is 6.50. The Labute approximate surface area is 217 Å². The standard InChI is InChI=1S/C26H29ClF2N4O4/c27-16-6-3-5-15-9-18(31-21(15)16)24(37)33-13-25(11-26(28,29)12-25)10-19(33)23(36)32-17(22(30)35)8-14-4-1-2-7-20(14)34/h3,5-6,9,14,17,19,31H,1-2,4,7-8,10-13H2,(H2,30,35)(H,32,36)/t14-,17-,19?/m0/s1. The number of primary amides is 1. The number of aromatic nitrogens is 1. The Morgan fingerprint density at radius 1 is 1.24 bits per heavy atom. The summed E-state index contributed by atoms with van der Waals surface area (Å²) in [6.07, 6.45) is 2.01. The number of H-pyrrole nitrogens is 1. The molecule has 2 saturated carbocycles. The fourth-order valence-electron chi connectivity index (χ4n) is 6.30. The molecule has 1 saturated heterocycles. The third-order valence-corrected chi connectivity index (χ3v) is 8.35. The van der Waals surface area contributed by atoms with Crippen molar-refractivity contribution in [3.05, 3.63) is 35.0 Å². The number of para-hydroxylation sites is 1. The number of alkyl halides is 2. The summed E-state index contributed by atoms with van der Waals surface area (Å²) in [4.78, 5) is 55.7. The highest BCUT2D eigenvalue weighted by Crippen LogP contribution is 2.58. The van der Waals surface area contributed by atoms with Gasteiger partial charge in [-0.15, -0.1) is 0 Å². The number of carbonyl (C=O) groups is 4. The van der Waals surface area contributed by atoms with Gasteiger partial charge in [-0.05, 0) is 37.8 Å². The highest BCUT2D eigenvalue weighted by Gasteiger charge is 2.62. The molecule has 5 rings (SSSR count). The molecule has 1 aliphatic heterocycles. The van der Waals surface area contributed by atoms with Crippen molar-refractivity contribution in [1.29, 1.82) is 0 Å². The second-order valence-electron chi connectivity index (χ2n) is 10.9. The van der Waals surface area contributed by atoms with E-state index in [-0.39, 0.29) is 36.8 Å². The number of hydrogen-bond donors (Lipinski definition) is 3. The highest BCUT2D eigenvalue weighted by atomic mass is 35.5. The van der Waals surface area contributed by atoms with E-state index in [1.54, 1.807) is 24.3 Å². The van der Waals surface area contributed by atoms with Gasteiger partial charge in [0.1, 0.15) is 23.6 Å². The van der Waals surface area contributed by atoms with Crippen LogP contribution < -0.4 is 11.1 Å². The van der Waals surface area contributed by atoms with Gasteiger partial charge in [0, 0.05) is 42.5 Å². The summed E-state index contributed by atoms with van der Waals surface area (Å²) in [6.45, 7) is -0.00897. The third-order valence-electron chi connectivity index (χ3n) is 8.04. The number of Topliss-reactive ketones (excluding diaryl/α,β-unsaturated/α-hetero) is 1. The number of carbonyl (C=O) groups excluding carboxylic acids is 4. The Balaban J connectivity index is 1.38. The lowest BCUT2D eigenvalue weighted by atomic mass is 9.65. The maximum Gasteiger partial charge on any atom is 0.271 e. The summed E-state index contributed by atoms with van der Waals surface area (Å²) >= 11 is 6.23. The van der Waals surface area contributed by atoms with Crippen molar-refractivity contribution in [3.63, 3.8) is 0 Å². The number of benzene rings is 1. The lowest BCUT2D eigenvalue weighted by molar-refractivity contribution is -0.155. The molecule has 8 nitrogen and oxygen atoms in total. The van der Waals surface area contributed by atoms with Crippen LogP contribution in [0.4, 0.5) is 8.78 Å². The molecule has 3 amide bonds. The number of halogens is 3. The molecule has 2 aliphatic carbocycles. The molecule has 2 aromatic rings. The molecule has 1 aromatic heterocycles. The van der Waals surface area contributed by atoms with Crippen molar-refractivity contribution in [2.75, 3.05) is 6.54 Å². The smallest absolute Gasteiger partial charge is 0.271 e. The first-order valence-electron chi connectivity index (χ1n) is 12.6. The van der Waals surface area contributed by atoms with E-state index in [2.05, 4.69) is 10.3 Å². The zero-order chi connectivity index (χ0) is 26.5. The van der Waals surface area contributed by atoms with E-state index in [4.69, 9.17) is 17.3 Å². The molecule has 37 heavy (non-hydrogen) atoms. The number of amides is 3. The number of aromatic amines is 1. The molecular formula is C26H29ClF2N4O4. The molecule has 0 bridgehead atoms. The molecule has 3 fully saturated rings. The van der Waals surface area contributed by atoms with E-state index in [0.29, 0.717) is 28.8 Å². The number of rotatable bonds is 6. The minimum atomic E-state index is -2.84. The maximum absolute atomic E-state index is 13.9. The van der Waals surface area contributed by atoms with Gasteiger partial charge < -0.3 is 20.9 Å². The van der Waals surface area contributed by atoms with E-state index in [0.717, 1.165) is 12.8 Å². The van der Waals surface area contributed by atoms with Crippen molar-refractivity contribution < 1.29 is 28.0 Å².